The van der Waals surface area contributed by atoms with Crippen LogP contribution in [0.1, 0.15) is 0 Å². The molecule has 94 valence electrons. The van der Waals surface area contributed by atoms with Crippen molar-refractivity contribution >= 4 is 16.7 Å². The Balaban J connectivity index is 2.10. The number of phenolic OH excluding ortho intramolecular Hbond substituents is 1. The number of aromatic hydroxyl groups is 1. The van der Waals surface area contributed by atoms with Crippen molar-refractivity contribution in [1.29, 1.82) is 5.41 Å². The van der Waals surface area contributed by atoms with E-state index >= 15 is 0 Å². The summed E-state index contributed by atoms with van der Waals surface area (Å²) >= 11 is 0. The second-order valence-corrected chi connectivity index (χ2v) is 4.28. The molecule has 1 aliphatic rings. The molecule has 0 saturated carbocycles. The van der Waals surface area contributed by atoms with Gasteiger partial charge in [0.05, 0.1) is 18.6 Å². The number of hydrogen-bond donors (Lipinski definition) is 2. The summed E-state index contributed by atoms with van der Waals surface area (Å²) in [6.45, 7) is 2.97. The van der Waals surface area contributed by atoms with Crippen molar-refractivity contribution < 1.29 is 14.3 Å². The van der Waals surface area contributed by atoms with Crippen molar-refractivity contribution in [2.75, 3.05) is 31.2 Å². The van der Waals surface area contributed by atoms with Gasteiger partial charge in [0.2, 0.25) is 5.55 Å². The largest absolute Gasteiger partial charge is 0.507 e. The van der Waals surface area contributed by atoms with E-state index in [0.29, 0.717) is 24.2 Å². The monoisotopic (exact) mass is 246 g/mol. The van der Waals surface area contributed by atoms with E-state index in [-0.39, 0.29) is 11.3 Å². The highest BCUT2D eigenvalue weighted by Gasteiger charge is 2.14. The molecule has 18 heavy (non-hydrogen) atoms. The molecule has 1 fully saturated rings. The summed E-state index contributed by atoms with van der Waals surface area (Å²) in [4.78, 5) is 2.13. The van der Waals surface area contributed by atoms with E-state index < -0.39 is 0 Å². The standard InChI is InChI=1S/C13H14N2O3/c14-13-2-1-10-11(16)7-9(8-12(10)18-13)15-3-5-17-6-4-15/h1-2,7-8,14,16H,3-6H2. The van der Waals surface area contributed by atoms with Crippen LogP contribution < -0.4 is 10.5 Å². The van der Waals surface area contributed by atoms with E-state index in [2.05, 4.69) is 4.90 Å². The van der Waals surface area contributed by atoms with E-state index in [0.717, 1.165) is 18.8 Å². The lowest BCUT2D eigenvalue weighted by molar-refractivity contribution is 0.122. The van der Waals surface area contributed by atoms with Gasteiger partial charge in [0.15, 0.2) is 0 Å². The number of nitrogens with zero attached hydrogens (tertiary/aromatic N) is 1. The van der Waals surface area contributed by atoms with Gasteiger partial charge in [-0.25, -0.2) is 0 Å². The van der Waals surface area contributed by atoms with Crippen LogP contribution in [-0.2, 0) is 4.74 Å². The molecule has 5 heteroatoms. The fourth-order valence-electron chi connectivity index (χ4n) is 2.17. The summed E-state index contributed by atoms with van der Waals surface area (Å²) in [5.41, 5.74) is 1.52. The molecule has 0 amide bonds. The Bertz CT molecular complexity index is 630. The lowest BCUT2D eigenvalue weighted by atomic mass is 10.2. The smallest absolute Gasteiger partial charge is 0.211 e. The van der Waals surface area contributed by atoms with Crippen LogP contribution in [0.4, 0.5) is 5.69 Å². The SMILES string of the molecule is N=c1ccc2c(O)cc(N3CCOCC3)cc2o1. The highest BCUT2D eigenvalue weighted by molar-refractivity contribution is 5.86. The lowest BCUT2D eigenvalue weighted by Gasteiger charge is -2.29. The summed E-state index contributed by atoms with van der Waals surface area (Å²) in [6.07, 6.45) is 0. The molecule has 1 aromatic carbocycles. The number of ether oxygens (including phenoxy) is 1. The molecule has 1 saturated heterocycles. The van der Waals surface area contributed by atoms with Gasteiger partial charge in [-0.05, 0) is 6.07 Å². The Labute approximate surface area is 104 Å². The van der Waals surface area contributed by atoms with E-state index in [1.54, 1.807) is 12.1 Å². The van der Waals surface area contributed by atoms with Crippen molar-refractivity contribution in [3.8, 4) is 5.75 Å². The molecule has 0 atom stereocenters. The zero-order chi connectivity index (χ0) is 12.5. The van der Waals surface area contributed by atoms with Crippen LogP contribution in [0.3, 0.4) is 0 Å². The molecule has 0 unspecified atom stereocenters. The van der Waals surface area contributed by atoms with E-state index in [1.807, 2.05) is 6.07 Å². The predicted octanol–water partition coefficient (Wildman–Crippen LogP) is 1.45. The maximum absolute atomic E-state index is 9.99. The molecule has 5 nitrogen and oxygen atoms in total. The zero-order valence-electron chi connectivity index (χ0n) is 9.85. The van der Waals surface area contributed by atoms with Crippen LogP contribution >= 0.6 is 0 Å². The van der Waals surface area contributed by atoms with Gasteiger partial charge in [-0.2, -0.15) is 0 Å². The number of phenols is 1. The van der Waals surface area contributed by atoms with E-state index in [4.69, 9.17) is 14.6 Å². The normalized spacial score (nSPS) is 16.1. The van der Waals surface area contributed by atoms with E-state index in [9.17, 15) is 5.11 Å². The molecular formula is C13H14N2O3. The first-order valence-corrected chi connectivity index (χ1v) is 5.88. The quantitative estimate of drug-likeness (QED) is 0.799. The lowest BCUT2D eigenvalue weighted by Crippen LogP contribution is -2.36. The van der Waals surface area contributed by atoms with Crippen molar-refractivity contribution in [1.82, 2.24) is 0 Å². The van der Waals surface area contributed by atoms with Gasteiger partial charge < -0.3 is 19.2 Å². The van der Waals surface area contributed by atoms with Crippen LogP contribution in [0, 0.1) is 5.41 Å². The minimum Gasteiger partial charge on any atom is -0.507 e. The highest BCUT2D eigenvalue weighted by atomic mass is 16.5. The van der Waals surface area contributed by atoms with Crippen LogP contribution in [0.5, 0.6) is 5.75 Å². The summed E-state index contributed by atoms with van der Waals surface area (Å²) in [7, 11) is 0. The fourth-order valence-corrected chi connectivity index (χ4v) is 2.17. The van der Waals surface area contributed by atoms with Crippen LogP contribution in [-0.4, -0.2) is 31.4 Å². The van der Waals surface area contributed by atoms with Gasteiger partial charge in [-0.15, -0.1) is 0 Å². The first kappa shape index (κ1) is 11.1. The van der Waals surface area contributed by atoms with Gasteiger partial charge in [0.25, 0.3) is 0 Å². The van der Waals surface area contributed by atoms with Crippen molar-refractivity contribution in [2.45, 2.75) is 0 Å². The number of fused-ring (bicyclic) bond motifs is 1. The third kappa shape index (κ3) is 1.93. The van der Waals surface area contributed by atoms with E-state index in [1.165, 1.54) is 6.07 Å². The number of hydrogen-bond acceptors (Lipinski definition) is 5. The predicted molar refractivity (Wildman–Crippen MR) is 66.8 cm³/mol. The van der Waals surface area contributed by atoms with Gasteiger partial charge in [-0.3, -0.25) is 5.41 Å². The fraction of sp³-hybridized carbons (Fsp3) is 0.308. The molecule has 2 heterocycles. The second kappa shape index (κ2) is 4.34. The maximum Gasteiger partial charge on any atom is 0.211 e. The molecule has 2 N–H and O–H groups in total. The minimum atomic E-state index is 0.0843. The number of anilines is 1. The van der Waals surface area contributed by atoms with Gasteiger partial charge in [-0.1, -0.05) is 0 Å². The molecule has 2 aromatic rings. The first-order chi connectivity index (χ1) is 8.74. The van der Waals surface area contributed by atoms with Crippen molar-refractivity contribution in [3.63, 3.8) is 0 Å². The molecule has 1 aliphatic heterocycles. The first-order valence-electron chi connectivity index (χ1n) is 5.88. The number of benzene rings is 1. The Morgan fingerprint density at radius 1 is 1.17 bits per heavy atom. The number of rotatable bonds is 1. The van der Waals surface area contributed by atoms with Crippen LogP contribution in [0.2, 0.25) is 0 Å². The van der Waals surface area contributed by atoms with Crippen molar-refractivity contribution in [3.05, 3.63) is 29.8 Å². The third-order valence-corrected chi connectivity index (χ3v) is 3.10. The molecule has 0 bridgehead atoms. The minimum absolute atomic E-state index is 0.0843. The third-order valence-electron chi connectivity index (χ3n) is 3.10. The molecule has 0 radical (unpaired) electrons. The Morgan fingerprint density at radius 3 is 2.72 bits per heavy atom. The summed E-state index contributed by atoms with van der Waals surface area (Å²) in [5, 5.41) is 18.1. The Morgan fingerprint density at radius 2 is 1.94 bits per heavy atom. The molecule has 0 aliphatic carbocycles. The average Bonchev–Trinajstić information content (AvgIpc) is 2.39. The molecular weight excluding hydrogens is 232 g/mol. The van der Waals surface area contributed by atoms with Crippen LogP contribution in [0.25, 0.3) is 11.0 Å². The Hall–Kier alpha value is -2.01. The summed E-state index contributed by atoms with van der Waals surface area (Å²) in [6, 6.07) is 6.81. The molecule has 1 aromatic heterocycles. The second-order valence-electron chi connectivity index (χ2n) is 4.28. The topological polar surface area (TPSA) is 69.7 Å². The van der Waals surface area contributed by atoms with Gasteiger partial charge >= 0.3 is 0 Å². The molecule has 3 rings (SSSR count). The average molecular weight is 246 g/mol. The number of nitrogens with one attached hydrogen (secondary N) is 1. The van der Waals surface area contributed by atoms with Crippen molar-refractivity contribution in [2.24, 2.45) is 0 Å². The Kier molecular flexibility index (Phi) is 2.68. The molecule has 0 spiro atoms. The van der Waals surface area contributed by atoms with Gasteiger partial charge in [0, 0.05) is 37.0 Å². The summed E-state index contributed by atoms with van der Waals surface area (Å²) < 4.78 is 10.6. The maximum atomic E-state index is 9.99. The number of morpholine rings is 1. The van der Waals surface area contributed by atoms with Crippen LogP contribution in [0.15, 0.2) is 28.7 Å². The zero-order valence-corrected chi connectivity index (χ0v) is 9.85. The summed E-state index contributed by atoms with van der Waals surface area (Å²) in [5.74, 6) is 0.178. The highest BCUT2D eigenvalue weighted by Crippen LogP contribution is 2.30. The van der Waals surface area contributed by atoms with Gasteiger partial charge in [0.1, 0.15) is 11.3 Å².